The summed E-state index contributed by atoms with van der Waals surface area (Å²) in [6, 6.07) is 37.9. The molecule has 2 aliphatic rings. The van der Waals surface area contributed by atoms with Crippen molar-refractivity contribution >= 4 is 33.4 Å². The van der Waals surface area contributed by atoms with E-state index in [9.17, 15) is 0 Å². The number of benzene rings is 5. The maximum atomic E-state index is 2.45. The number of rotatable bonds is 3. The van der Waals surface area contributed by atoms with Crippen molar-refractivity contribution < 1.29 is 0 Å². The van der Waals surface area contributed by atoms with Crippen LogP contribution >= 0.6 is 0 Å². The van der Waals surface area contributed by atoms with Crippen molar-refractivity contribution in [1.82, 2.24) is 0 Å². The lowest BCUT2D eigenvalue weighted by atomic mass is 9.88. The topological polar surface area (TPSA) is 3.24 Å². The first-order valence-electron chi connectivity index (χ1n) is 12.1. The quantitative estimate of drug-likeness (QED) is 0.268. The summed E-state index contributed by atoms with van der Waals surface area (Å²) >= 11 is 0. The molecule has 0 saturated carbocycles. The molecule has 0 saturated heterocycles. The van der Waals surface area contributed by atoms with Gasteiger partial charge < -0.3 is 4.90 Å². The second-order valence-electron chi connectivity index (χ2n) is 9.39. The van der Waals surface area contributed by atoms with Crippen molar-refractivity contribution in [1.29, 1.82) is 0 Å². The SMILES string of the molecule is Cc1ccc(N(c2ccc3ccccc3c2)c2ccc3c4c2CCC=C4c2ccccc2-3)cc1. The molecule has 0 N–H and O–H groups in total. The van der Waals surface area contributed by atoms with Gasteiger partial charge in [0.2, 0.25) is 0 Å². The first kappa shape index (κ1) is 19.4. The average molecular weight is 436 g/mol. The zero-order chi connectivity index (χ0) is 22.6. The summed E-state index contributed by atoms with van der Waals surface area (Å²) in [6.07, 6.45) is 4.58. The van der Waals surface area contributed by atoms with Gasteiger partial charge in [-0.25, -0.2) is 0 Å². The van der Waals surface area contributed by atoms with E-state index in [2.05, 4.69) is 121 Å². The Labute approximate surface area is 200 Å². The number of fused-ring (bicyclic) bond motifs is 4. The molecule has 0 atom stereocenters. The van der Waals surface area contributed by atoms with Gasteiger partial charge in [-0.15, -0.1) is 0 Å². The molecule has 5 aromatic carbocycles. The van der Waals surface area contributed by atoms with Crippen LogP contribution in [-0.2, 0) is 6.42 Å². The molecule has 34 heavy (non-hydrogen) atoms. The largest absolute Gasteiger partial charge is 0.310 e. The van der Waals surface area contributed by atoms with E-state index < -0.39 is 0 Å². The Morgan fingerprint density at radius 3 is 2.21 bits per heavy atom. The summed E-state index contributed by atoms with van der Waals surface area (Å²) in [5.41, 5.74) is 13.4. The van der Waals surface area contributed by atoms with E-state index in [0.717, 1.165) is 12.8 Å². The van der Waals surface area contributed by atoms with Crippen LogP contribution in [0.4, 0.5) is 17.1 Å². The van der Waals surface area contributed by atoms with Gasteiger partial charge in [0.25, 0.3) is 0 Å². The van der Waals surface area contributed by atoms with Crippen LogP contribution in [0.2, 0.25) is 0 Å². The molecule has 0 bridgehead atoms. The number of allylic oxidation sites excluding steroid dienone is 1. The van der Waals surface area contributed by atoms with Crippen molar-refractivity contribution in [2.24, 2.45) is 0 Å². The Morgan fingerprint density at radius 2 is 1.35 bits per heavy atom. The van der Waals surface area contributed by atoms with Crippen LogP contribution in [0.15, 0.2) is 109 Å². The van der Waals surface area contributed by atoms with Crippen molar-refractivity contribution in [2.75, 3.05) is 4.90 Å². The van der Waals surface area contributed by atoms with Gasteiger partial charge in [0.15, 0.2) is 0 Å². The number of nitrogens with zero attached hydrogens (tertiary/aromatic N) is 1. The lowest BCUT2D eigenvalue weighted by molar-refractivity contribution is 0.976. The summed E-state index contributed by atoms with van der Waals surface area (Å²) in [4.78, 5) is 2.45. The molecule has 0 aliphatic heterocycles. The summed E-state index contributed by atoms with van der Waals surface area (Å²) in [5.74, 6) is 0. The molecule has 5 aromatic rings. The van der Waals surface area contributed by atoms with E-state index in [-0.39, 0.29) is 0 Å². The molecule has 0 radical (unpaired) electrons. The zero-order valence-corrected chi connectivity index (χ0v) is 19.3. The lowest BCUT2D eigenvalue weighted by Gasteiger charge is -2.30. The summed E-state index contributed by atoms with van der Waals surface area (Å²) in [5, 5.41) is 2.53. The van der Waals surface area contributed by atoms with Crippen LogP contribution in [0, 0.1) is 6.92 Å². The predicted molar refractivity (Wildman–Crippen MR) is 144 cm³/mol. The molecule has 0 heterocycles. The second-order valence-corrected chi connectivity index (χ2v) is 9.39. The van der Waals surface area contributed by atoms with Gasteiger partial charge in [-0.3, -0.25) is 0 Å². The molecule has 0 aromatic heterocycles. The molecular formula is C33H25N. The minimum Gasteiger partial charge on any atom is -0.310 e. The van der Waals surface area contributed by atoms with E-state index in [1.165, 1.54) is 66.8 Å². The normalized spacial score (nSPS) is 13.4. The highest BCUT2D eigenvalue weighted by molar-refractivity contribution is 6.05. The van der Waals surface area contributed by atoms with Gasteiger partial charge in [0.05, 0.1) is 0 Å². The third kappa shape index (κ3) is 2.87. The smallest absolute Gasteiger partial charge is 0.0500 e. The Bertz CT molecular complexity index is 1600. The Hall–Kier alpha value is -4.10. The van der Waals surface area contributed by atoms with Crippen molar-refractivity contribution in [3.05, 3.63) is 131 Å². The highest BCUT2D eigenvalue weighted by Crippen LogP contribution is 2.52. The fourth-order valence-corrected chi connectivity index (χ4v) is 5.73. The molecule has 162 valence electrons. The third-order valence-electron chi connectivity index (χ3n) is 7.33. The second kappa shape index (κ2) is 7.46. The maximum absolute atomic E-state index is 2.45. The van der Waals surface area contributed by atoms with Crippen LogP contribution in [0.5, 0.6) is 0 Å². The maximum Gasteiger partial charge on any atom is 0.0500 e. The van der Waals surface area contributed by atoms with Gasteiger partial charge >= 0.3 is 0 Å². The lowest BCUT2D eigenvalue weighted by Crippen LogP contribution is -2.14. The number of anilines is 3. The molecule has 0 unspecified atom stereocenters. The fourth-order valence-electron chi connectivity index (χ4n) is 5.73. The van der Waals surface area contributed by atoms with E-state index in [1.54, 1.807) is 0 Å². The number of hydrogen-bond donors (Lipinski definition) is 0. The predicted octanol–water partition coefficient (Wildman–Crippen LogP) is 8.98. The minimum absolute atomic E-state index is 1.06. The molecule has 7 rings (SSSR count). The molecule has 0 fully saturated rings. The van der Waals surface area contributed by atoms with Crippen molar-refractivity contribution in [3.8, 4) is 11.1 Å². The summed E-state index contributed by atoms with van der Waals surface area (Å²) < 4.78 is 0. The third-order valence-corrected chi connectivity index (χ3v) is 7.33. The summed E-state index contributed by atoms with van der Waals surface area (Å²) in [7, 11) is 0. The fraction of sp³-hybridized carbons (Fsp3) is 0.0909. The van der Waals surface area contributed by atoms with E-state index in [1.807, 2.05) is 0 Å². The van der Waals surface area contributed by atoms with Gasteiger partial charge in [0, 0.05) is 17.1 Å². The van der Waals surface area contributed by atoms with Crippen LogP contribution in [0.1, 0.15) is 28.7 Å². The van der Waals surface area contributed by atoms with Crippen LogP contribution < -0.4 is 4.90 Å². The Balaban J connectivity index is 1.48. The van der Waals surface area contributed by atoms with E-state index in [0.29, 0.717) is 0 Å². The molecule has 2 aliphatic carbocycles. The monoisotopic (exact) mass is 435 g/mol. The first-order valence-corrected chi connectivity index (χ1v) is 12.1. The minimum atomic E-state index is 1.06. The first-order chi connectivity index (χ1) is 16.8. The van der Waals surface area contributed by atoms with Crippen molar-refractivity contribution in [3.63, 3.8) is 0 Å². The Kier molecular flexibility index (Phi) is 4.25. The molecule has 1 heteroatoms. The summed E-state index contributed by atoms with van der Waals surface area (Å²) in [6.45, 7) is 2.15. The van der Waals surface area contributed by atoms with Gasteiger partial charge in [-0.05, 0) is 94.3 Å². The van der Waals surface area contributed by atoms with E-state index >= 15 is 0 Å². The van der Waals surface area contributed by atoms with Crippen LogP contribution in [0.25, 0.3) is 27.5 Å². The van der Waals surface area contributed by atoms with Gasteiger partial charge in [0.1, 0.15) is 0 Å². The molecule has 1 nitrogen and oxygen atoms in total. The van der Waals surface area contributed by atoms with Crippen LogP contribution in [-0.4, -0.2) is 0 Å². The van der Waals surface area contributed by atoms with Gasteiger partial charge in [-0.2, -0.15) is 0 Å². The van der Waals surface area contributed by atoms with Gasteiger partial charge in [-0.1, -0.05) is 84.4 Å². The average Bonchev–Trinajstić information content (AvgIpc) is 3.22. The standard InChI is InChI=1S/C33H25N/c1-22-13-16-25(17-14-22)34(26-18-15-23-7-2-3-8-24(23)21-26)32-20-19-30-28-10-5-4-9-27(28)29-11-6-12-31(32)33(29)30/h2-5,7-11,13-21H,6,12H2,1H3. The van der Waals surface area contributed by atoms with Crippen LogP contribution in [0.3, 0.4) is 0 Å². The molecule has 0 amide bonds. The van der Waals surface area contributed by atoms with E-state index in [4.69, 9.17) is 0 Å². The molecule has 0 spiro atoms. The number of aryl methyl sites for hydroxylation is 1. The molecular weight excluding hydrogens is 410 g/mol. The highest BCUT2D eigenvalue weighted by atomic mass is 15.1. The van der Waals surface area contributed by atoms with Crippen molar-refractivity contribution in [2.45, 2.75) is 19.8 Å². The Morgan fingerprint density at radius 1 is 0.618 bits per heavy atom. The number of hydrogen-bond acceptors (Lipinski definition) is 1. The highest BCUT2D eigenvalue weighted by Gasteiger charge is 2.30. The zero-order valence-electron chi connectivity index (χ0n) is 19.3.